The van der Waals surface area contributed by atoms with Gasteiger partial charge < -0.3 is 9.47 Å². The number of fused-ring (bicyclic) bond motifs is 1. The summed E-state index contributed by atoms with van der Waals surface area (Å²) in [6, 6.07) is 6.25. The van der Waals surface area contributed by atoms with Crippen LogP contribution in [-0.4, -0.2) is 18.0 Å². The normalized spacial score (nSPS) is 17.9. The molecule has 1 aliphatic heterocycles. The van der Waals surface area contributed by atoms with E-state index in [-0.39, 0.29) is 0 Å². The van der Waals surface area contributed by atoms with Gasteiger partial charge in [0.15, 0.2) is 11.5 Å². The highest BCUT2D eigenvalue weighted by molar-refractivity contribution is 9.09. The van der Waals surface area contributed by atoms with Crippen LogP contribution in [0.2, 0.25) is 0 Å². The second-order valence-electron chi connectivity index (χ2n) is 4.32. The van der Waals surface area contributed by atoms with Gasteiger partial charge in [-0.15, -0.1) is 0 Å². The van der Waals surface area contributed by atoms with Gasteiger partial charge in [0.25, 0.3) is 0 Å². The van der Waals surface area contributed by atoms with Crippen LogP contribution in [0.15, 0.2) is 18.2 Å². The van der Waals surface area contributed by atoms with E-state index >= 15 is 0 Å². The fourth-order valence-electron chi connectivity index (χ4n) is 1.99. The van der Waals surface area contributed by atoms with E-state index in [2.05, 4.69) is 41.9 Å². The first-order valence-corrected chi connectivity index (χ1v) is 6.62. The van der Waals surface area contributed by atoms with Crippen molar-refractivity contribution in [2.24, 2.45) is 0 Å². The number of hydrogen-bond donors (Lipinski definition) is 0. The third-order valence-corrected chi connectivity index (χ3v) is 3.19. The van der Waals surface area contributed by atoms with Gasteiger partial charge in [0.1, 0.15) is 13.2 Å². The fraction of sp³-hybridized carbons (Fsp3) is 0.538. The number of benzene rings is 1. The third kappa shape index (κ3) is 2.70. The second-order valence-corrected chi connectivity index (χ2v) is 5.88. The molecule has 0 spiro atoms. The maximum absolute atomic E-state index is 5.58. The van der Waals surface area contributed by atoms with E-state index in [1.807, 2.05) is 6.07 Å². The monoisotopic (exact) mass is 284 g/mol. The highest BCUT2D eigenvalue weighted by Crippen LogP contribution is 2.34. The van der Waals surface area contributed by atoms with Gasteiger partial charge in [-0.3, -0.25) is 0 Å². The van der Waals surface area contributed by atoms with Crippen molar-refractivity contribution in [3.8, 4) is 11.5 Å². The van der Waals surface area contributed by atoms with Gasteiger partial charge >= 0.3 is 0 Å². The first-order chi connectivity index (χ1) is 7.66. The molecule has 2 nitrogen and oxygen atoms in total. The molecular formula is C13H17BrO2. The van der Waals surface area contributed by atoms with Crippen LogP contribution in [0.1, 0.15) is 31.7 Å². The molecule has 0 fully saturated rings. The molecule has 0 saturated heterocycles. The van der Waals surface area contributed by atoms with Crippen LogP contribution in [0, 0.1) is 0 Å². The van der Waals surface area contributed by atoms with Gasteiger partial charge in [0, 0.05) is 4.83 Å². The molecule has 0 aromatic heterocycles. The summed E-state index contributed by atoms with van der Waals surface area (Å²) in [5, 5.41) is 0. The van der Waals surface area contributed by atoms with Crippen molar-refractivity contribution in [2.45, 2.75) is 31.0 Å². The molecular weight excluding hydrogens is 268 g/mol. The number of rotatable bonds is 3. The Kier molecular flexibility index (Phi) is 3.74. The summed E-state index contributed by atoms with van der Waals surface area (Å²) in [4.78, 5) is 0.538. The van der Waals surface area contributed by atoms with Crippen LogP contribution in [0.5, 0.6) is 11.5 Å². The predicted octanol–water partition coefficient (Wildman–Crippen LogP) is 3.73. The molecule has 2 unspecified atom stereocenters. The predicted molar refractivity (Wildman–Crippen MR) is 68.9 cm³/mol. The van der Waals surface area contributed by atoms with Crippen molar-refractivity contribution in [3.63, 3.8) is 0 Å². The molecule has 1 aromatic carbocycles. The molecule has 0 N–H and O–H groups in total. The average molecular weight is 285 g/mol. The quantitative estimate of drug-likeness (QED) is 0.788. The summed E-state index contributed by atoms with van der Waals surface area (Å²) in [5.41, 5.74) is 1.32. The third-order valence-electron chi connectivity index (χ3n) is 2.81. The van der Waals surface area contributed by atoms with Crippen molar-refractivity contribution in [2.75, 3.05) is 13.2 Å². The van der Waals surface area contributed by atoms with Crippen LogP contribution in [0.4, 0.5) is 0 Å². The lowest BCUT2D eigenvalue weighted by atomic mass is 9.96. The van der Waals surface area contributed by atoms with E-state index in [1.165, 1.54) is 5.56 Å². The highest BCUT2D eigenvalue weighted by atomic mass is 79.9. The zero-order valence-corrected chi connectivity index (χ0v) is 11.3. The zero-order chi connectivity index (χ0) is 11.5. The Hall–Kier alpha value is -0.700. The van der Waals surface area contributed by atoms with Crippen LogP contribution in [-0.2, 0) is 0 Å². The van der Waals surface area contributed by atoms with E-state index in [0.29, 0.717) is 24.0 Å². The lowest BCUT2D eigenvalue weighted by Crippen LogP contribution is -2.15. The summed E-state index contributed by atoms with van der Waals surface area (Å²) in [6.45, 7) is 5.72. The van der Waals surface area contributed by atoms with Gasteiger partial charge in [-0.2, -0.15) is 0 Å². The molecule has 0 amide bonds. The molecule has 2 atom stereocenters. The fourth-order valence-corrected chi connectivity index (χ4v) is 2.55. The average Bonchev–Trinajstić information content (AvgIpc) is 2.27. The summed E-state index contributed by atoms with van der Waals surface area (Å²) >= 11 is 3.59. The van der Waals surface area contributed by atoms with Gasteiger partial charge in [0.2, 0.25) is 0 Å². The maximum atomic E-state index is 5.58. The molecule has 1 aliphatic rings. The topological polar surface area (TPSA) is 18.5 Å². The van der Waals surface area contributed by atoms with Crippen molar-refractivity contribution in [1.29, 1.82) is 0 Å². The van der Waals surface area contributed by atoms with E-state index < -0.39 is 0 Å². The number of alkyl halides is 1. The van der Waals surface area contributed by atoms with Gasteiger partial charge in [-0.1, -0.05) is 35.8 Å². The van der Waals surface area contributed by atoms with Crippen LogP contribution < -0.4 is 9.47 Å². The first-order valence-electron chi connectivity index (χ1n) is 5.70. The van der Waals surface area contributed by atoms with Crippen LogP contribution in [0.3, 0.4) is 0 Å². The van der Waals surface area contributed by atoms with Crippen molar-refractivity contribution in [1.82, 2.24) is 0 Å². The Bertz CT molecular complexity index is 363. The van der Waals surface area contributed by atoms with Crippen LogP contribution in [0.25, 0.3) is 0 Å². The van der Waals surface area contributed by atoms with Crippen molar-refractivity contribution in [3.05, 3.63) is 23.8 Å². The smallest absolute Gasteiger partial charge is 0.161 e. The van der Waals surface area contributed by atoms with Crippen molar-refractivity contribution < 1.29 is 9.47 Å². The second kappa shape index (κ2) is 5.09. The largest absolute Gasteiger partial charge is 0.486 e. The summed E-state index contributed by atoms with van der Waals surface area (Å²) in [5.74, 6) is 2.29. The SMILES string of the molecule is CC(Br)CC(C)c1ccc2c(c1)OCCO2. The van der Waals surface area contributed by atoms with Crippen LogP contribution >= 0.6 is 15.9 Å². The maximum Gasteiger partial charge on any atom is 0.161 e. The summed E-state index contributed by atoms with van der Waals surface area (Å²) in [6.07, 6.45) is 1.12. The number of ether oxygens (including phenoxy) is 2. The molecule has 16 heavy (non-hydrogen) atoms. The van der Waals surface area contributed by atoms with Gasteiger partial charge in [-0.25, -0.2) is 0 Å². The Morgan fingerprint density at radius 3 is 2.56 bits per heavy atom. The Morgan fingerprint density at radius 1 is 1.19 bits per heavy atom. The molecule has 3 heteroatoms. The van der Waals surface area contributed by atoms with E-state index in [4.69, 9.17) is 9.47 Å². The van der Waals surface area contributed by atoms with E-state index in [0.717, 1.165) is 17.9 Å². The minimum absolute atomic E-state index is 0.533. The first kappa shape index (κ1) is 11.8. The molecule has 0 bridgehead atoms. The number of halogens is 1. The summed E-state index contributed by atoms with van der Waals surface area (Å²) < 4.78 is 11.1. The lowest BCUT2D eigenvalue weighted by molar-refractivity contribution is 0.171. The molecule has 1 aromatic rings. The Labute approximate surface area is 105 Å². The minimum atomic E-state index is 0.533. The Balaban J connectivity index is 2.16. The van der Waals surface area contributed by atoms with E-state index in [9.17, 15) is 0 Å². The Morgan fingerprint density at radius 2 is 1.88 bits per heavy atom. The molecule has 1 heterocycles. The standard InChI is InChI=1S/C13H17BrO2/c1-9(7-10(2)14)11-3-4-12-13(8-11)16-6-5-15-12/h3-4,8-10H,5-7H2,1-2H3. The minimum Gasteiger partial charge on any atom is -0.486 e. The highest BCUT2D eigenvalue weighted by Gasteiger charge is 2.15. The number of hydrogen-bond acceptors (Lipinski definition) is 2. The molecule has 0 aliphatic carbocycles. The van der Waals surface area contributed by atoms with Gasteiger partial charge in [0.05, 0.1) is 0 Å². The zero-order valence-electron chi connectivity index (χ0n) is 9.70. The van der Waals surface area contributed by atoms with Crippen molar-refractivity contribution >= 4 is 15.9 Å². The summed E-state index contributed by atoms with van der Waals surface area (Å²) in [7, 11) is 0. The molecule has 2 rings (SSSR count). The van der Waals surface area contributed by atoms with E-state index in [1.54, 1.807) is 0 Å². The van der Waals surface area contributed by atoms with Gasteiger partial charge in [-0.05, 0) is 30.0 Å². The molecule has 0 saturated carbocycles. The lowest BCUT2D eigenvalue weighted by Gasteiger charge is -2.21. The molecule has 88 valence electrons. The molecule has 0 radical (unpaired) electrons.